The van der Waals surface area contributed by atoms with Gasteiger partial charge in [0.1, 0.15) is 0 Å². The summed E-state index contributed by atoms with van der Waals surface area (Å²) in [7, 11) is 0. The molecule has 56 heavy (non-hydrogen) atoms. The molecule has 7 rings (SSSR count). The molecule has 5 aromatic carbocycles. The van der Waals surface area contributed by atoms with E-state index in [1.165, 1.54) is 28.2 Å². The van der Waals surface area contributed by atoms with Crippen LogP contribution in [0, 0.1) is 20.1 Å². The largest absolute Gasteiger partial charge is 0.311 e. The summed E-state index contributed by atoms with van der Waals surface area (Å²) < 4.78 is 0. The number of hydrogen-bond donors (Lipinski definition) is 0. The van der Waals surface area contributed by atoms with Crippen LogP contribution in [-0.4, -0.2) is 12.6 Å². The van der Waals surface area contributed by atoms with Crippen LogP contribution in [0.3, 0.4) is 0 Å². The third-order valence-electron chi connectivity index (χ3n) is 9.05. The molecule has 0 aliphatic rings. The number of rotatable bonds is 12. The Morgan fingerprint density at radius 2 is 0.911 bits per heavy atom. The van der Waals surface area contributed by atoms with Gasteiger partial charge < -0.3 is 4.90 Å². The lowest BCUT2D eigenvalue weighted by molar-refractivity contribution is 0.111. The highest BCUT2D eigenvalue weighted by Gasteiger charge is 2.14. The minimum absolute atomic E-state index is 0.476. The van der Waals surface area contributed by atoms with Gasteiger partial charge in [0.2, 0.25) is 11.4 Å². The van der Waals surface area contributed by atoms with Gasteiger partial charge in [0, 0.05) is 26.8 Å². The van der Waals surface area contributed by atoms with Gasteiger partial charge >= 0.3 is 0 Å². The van der Waals surface area contributed by atoms with Gasteiger partial charge in [0.25, 0.3) is 0 Å². The fraction of sp³-hybridized carbons (Fsp3) is 0.0204. The lowest BCUT2D eigenvalue weighted by Crippen LogP contribution is -2.09. The van der Waals surface area contributed by atoms with Gasteiger partial charge in [0.15, 0.2) is 12.6 Å². The Kier molecular flexibility index (Phi) is 11.5. The van der Waals surface area contributed by atoms with E-state index in [0.717, 1.165) is 72.8 Å². The first kappa shape index (κ1) is 37.2. The molecule has 0 aliphatic heterocycles. The van der Waals surface area contributed by atoms with E-state index in [9.17, 15) is 9.59 Å². The third kappa shape index (κ3) is 8.62. The number of carbonyl (C=O) groups excluding carboxylic acids is 2. The minimum Gasteiger partial charge on any atom is -0.311 e. The molecule has 0 saturated heterocycles. The van der Waals surface area contributed by atoms with Crippen molar-refractivity contribution in [3.05, 3.63) is 227 Å². The summed E-state index contributed by atoms with van der Waals surface area (Å²) in [6.45, 7) is 17.6. The second-order valence-electron chi connectivity index (χ2n) is 12.8. The van der Waals surface area contributed by atoms with Gasteiger partial charge in [-0.1, -0.05) is 109 Å². The highest BCUT2D eigenvalue weighted by Crippen LogP contribution is 2.37. The summed E-state index contributed by atoms with van der Waals surface area (Å²) >= 11 is 2.60. The summed E-state index contributed by atoms with van der Waals surface area (Å²) in [4.78, 5) is 34.8. The Morgan fingerprint density at radius 1 is 0.500 bits per heavy atom. The molecule has 0 N–H and O–H groups in total. The molecule has 0 amide bonds. The van der Waals surface area contributed by atoms with Crippen LogP contribution in [0.2, 0.25) is 0 Å². The van der Waals surface area contributed by atoms with E-state index in [0.29, 0.717) is 21.1 Å². The van der Waals surface area contributed by atoms with Crippen molar-refractivity contribution >= 4 is 87.5 Å². The lowest BCUT2D eigenvalue weighted by Gasteiger charge is -2.26. The molecular weight excluding hydrogens is 727 g/mol. The molecule has 0 spiro atoms. The quantitative estimate of drug-likeness (QED) is 0.0708. The van der Waals surface area contributed by atoms with Crippen LogP contribution in [-0.2, 0) is 0 Å². The normalized spacial score (nSPS) is 11.7. The van der Waals surface area contributed by atoms with Crippen molar-refractivity contribution in [1.29, 1.82) is 0 Å². The van der Waals surface area contributed by atoms with Gasteiger partial charge in [-0.2, -0.15) is 0 Å². The first-order valence-electron chi connectivity index (χ1n) is 17.7. The lowest BCUT2D eigenvalue weighted by atomic mass is 9.95. The minimum atomic E-state index is 0.476. The SMILES string of the molecule is [C-]#[N+]/C(=C\c1ccc(N(c2ccc(/C=C(\[N+]#[C-])c3ccc(C=O)s3)cc2)c2ccc(/C=C(\c3ccccc3)c3ccc(C)cc3)cc2)cc1)c1ccc(C=O)s1. The monoisotopic (exact) mass is 759 g/mol. The molecule has 7 heteroatoms. The number of aryl methyl sites for hydroxylation is 1. The molecule has 0 radical (unpaired) electrons. The molecule has 7 aromatic rings. The Bertz CT molecular complexity index is 2550. The maximum Gasteiger partial charge on any atom is 0.204 e. The fourth-order valence-corrected chi connectivity index (χ4v) is 7.76. The van der Waals surface area contributed by atoms with Crippen molar-refractivity contribution < 1.29 is 9.59 Å². The summed E-state index contributed by atoms with van der Waals surface area (Å²) in [6.07, 6.45) is 7.49. The van der Waals surface area contributed by atoms with Crippen molar-refractivity contribution in [3.8, 4) is 0 Å². The van der Waals surface area contributed by atoms with Gasteiger partial charge in [-0.25, -0.2) is 9.69 Å². The zero-order chi connectivity index (χ0) is 38.9. The highest BCUT2D eigenvalue weighted by molar-refractivity contribution is 7.15. The molecule has 5 nitrogen and oxygen atoms in total. The van der Waals surface area contributed by atoms with E-state index >= 15 is 0 Å². The highest BCUT2D eigenvalue weighted by atomic mass is 32.1. The summed E-state index contributed by atoms with van der Waals surface area (Å²) in [5.74, 6) is 0. The van der Waals surface area contributed by atoms with Crippen LogP contribution < -0.4 is 4.90 Å². The maximum atomic E-state index is 11.2. The Labute approximate surface area is 334 Å². The fourth-order valence-electron chi connectivity index (χ4n) is 6.20. The molecule has 0 saturated carbocycles. The van der Waals surface area contributed by atoms with Gasteiger partial charge in [0.05, 0.1) is 22.9 Å². The van der Waals surface area contributed by atoms with Crippen LogP contribution >= 0.6 is 22.7 Å². The molecule has 0 fully saturated rings. The second kappa shape index (κ2) is 17.3. The topological polar surface area (TPSA) is 46.1 Å². The number of thiophene rings is 2. The van der Waals surface area contributed by atoms with Gasteiger partial charge in [-0.15, -0.1) is 22.7 Å². The van der Waals surface area contributed by atoms with Gasteiger partial charge in [-0.3, -0.25) is 9.59 Å². The number of anilines is 3. The molecule has 0 bridgehead atoms. The predicted molar refractivity (Wildman–Crippen MR) is 234 cm³/mol. The Balaban J connectivity index is 1.25. The zero-order valence-corrected chi connectivity index (χ0v) is 31.9. The zero-order valence-electron chi connectivity index (χ0n) is 30.3. The molecule has 2 aromatic heterocycles. The maximum absolute atomic E-state index is 11.2. The second-order valence-corrected chi connectivity index (χ2v) is 15.1. The number of benzene rings is 5. The first-order chi connectivity index (χ1) is 27.4. The van der Waals surface area contributed by atoms with Crippen molar-refractivity contribution in [2.24, 2.45) is 0 Å². The van der Waals surface area contributed by atoms with Crippen molar-refractivity contribution in [2.75, 3.05) is 4.90 Å². The van der Waals surface area contributed by atoms with Crippen molar-refractivity contribution in [2.45, 2.75) is 6.92 Å². The van der Waals surface area contributed by atoms with Gasteiger partial charge in [-0.05, 0) is 107 Å². The number of aldehydes is 2. The smallest absolute Gasteiger partial charge is 0.204 e. The third-order valence-corrected chi connectivity index (χ3v) is 11.1. The predicted octanol–water partition coefficient (Wildman–Crippen LogP) is 13.6. The van der Waals surface area contributed by atoms with Crippen molar-refractivity contribution in [1.82, 2.24) is 0 Å². The Morgan fingerprint density at radius 3 is 1.30 bits per heavy atom. The van der Waals surface area contributed by atoms with E-state index in [1.807, 2.05) is 66.7 Å². The average molecular weight is 760 g/mol. The van der Waals surface area contributed by atoms with E-state index in [-0.39, 0.29) is 0 Å². The number of nitrogens with zero attached hydrogens (tertiary/aromatic N) is 3. The molecule has 0 unspecified atom stereocenters. The molecule has 2 heterocycles. The average Bonchev–Trinajstić information content (AvgIpc) is 3.94. The van der Waals surface area contributed by atoms with E-state index in [4.69, 9.17) is 13.1 Å². The van der Waals surface area contributed by atoms with E-state index in [1.54, 1.807) is 24.3 Å². The molecule has 0 atom stereocenters. The Hall–Kier alpha value is -7.16. The van der Waals surface area contributed by atoms with Crippen LogP contribution in [0.5, 0.6) is 0 Å². The van der Waals surface area contributed by atoms with E-state index in [2.05, 4.69) is 100 Å². The summed E-state index contributed by atoms with van der Waals surface area (Å²) in [5, 5.41) is 0. The number of hydrogen-bond acceptors (Lipinski definition) is 5. The standard InChI is InChI=1S/C49H33N3O2S2/c1-34-9-17-39(18-10-34)45(38-7-5-4-6-8-38)29-35-11-19-40(20-12-35)52(41-21-13-36(14-22-41)30-46(50-2)48-27-25-43(32-53)55-48)42-23-15-37(16-24-42)31-47(51-3)49-28-26-44(33-54)56-49/h4-33H,1H3/b45-29+,46-30-,47-31-. The molecule has 0 aliphatic carbocycles. The van der Waals surface area contributed by atoms with Crippen LogP contribution in [0.4, 0.5) is 17.1 Å². The van der Waals surface area contributed by atoms with E-state index < -0.39 is 0 Å². The van der Waals surface area contributed by atoms with Crippen LogP contribution in [0.25, 0.3) is 44.9 Å². The summed E-state index contributed by atoms with van der Waals surface area (Å²) in [6, 6.07) is 50.6. The van der Waals surface area contributed by atoms with Crippen LogP contribution in [0.15, 0.2) is 152 Å². The molecular formula is C49H33N3O2S2. The van der Waals surface area contributed by atoms with Crippen LogP contribution in [0.1, 0.15) is 62.5 Å². The first-order valence-corrected chi connectivity index (χ1v) is 19.3. The number of carbonyl (C=O) groups is 2. The molecule has 268 valence electrons. The summed E-state index contributed by atoms with van der Waals surface area (Å²) in [5.41, 5.74) is 11.2. The van der Waals surface area contributed by atoms with Crippen molar-refractivity contribution in [3.63, 3.8) is 0 Å².